The molecule has 0 aliphatic rings. The molecule has 0 bridgehead atoms. The van der Waals surface area contributed by atoms with E-state index in [1.165, 1.54) is 5.56 Å². The molecule has 3 rings (SSSR count). The minimum atomic E-state index is 0.540. The van der Waals surface area contributed by atoms with Gasteiger partial charge in [-0.3, -0.25) is 4.98 Å². The average molecular weight is 262 g/mol. The molecule has 0 unspecified atom stereocenters. The zero-order chi connectivity index (χ0) is 13.9. The minimum absolute atomic E-state index is 0.540. The standard InChI is InChI=1S/C16H14N4/c1-20-15-10-12(4-2-8-17)6-7-14(15)19-16(20)13-5-3-9-18-11-13/h3,5-7,9-11H,2,4H2,1H3. The van der Waals surface area contributed by atoms with Crippen LogP contribution in [0.4, 0.5) is 0 Å². The number of rotatable bonds is 3. The Kier molecular flexibility index (Phi) is 3.18. The summed E-state index contributed by atoms with van der Waals surface area (Å²) in [4.78, 5) is 8.80. The van der Waals surface area contributed by atoms with E-state index >= 15 is 0 Å². The van der Waals surface area contributed by atoms with Crippen LogP contribution in [0.15, 0.2) is 42.7 Å². The van der Waals surface area contributed by atoms with Crippen LogP contribution >= 0.6 is 0 Å². The van der Waals surface area contributed by atoms with E-state index < -0.39 is 0 Å². The molecule has 0 aliphatic heterocycles. The first-order chi connectivity index (χ1) is 9.79. The van der Waals surface area contributed by atoms with Gasteiger partial charge in [-0.15, -0.1) is 0 Å². The number of nitrogens with zero attached hydrogens (tertiary/aromatic N) is 4. The monoisotopic (exact) mass is 262 g/mol. The minimum Gasteiger partial charge on any atom is -0.327 e. The number of nitriles is 1. The first-order valence-corrected chi connectivity index (χ1v) is 6.52. The van der Waals surface area contributed by atoms with Gasteiger partial charge in [0.05, 0.1) is 17.1 Å². The third kappa shape index (κ3) is 2.14. The van der Waals surface area contributed by atoms with Crippen molar-refractivity contribution in [3.05, 3.63) is 48.3 Å². The van der Waals surface area contributed by atoms with Crippen LogP contribution in [0.25, 0.3) is 22.4 Å². The van der Waals surface area contributed by atoms with Crippen LogP contribution in [0.3, 0.4) is 0 Å². The molecule has 4 heteroatoms. The van der Waals surface area contributed by atoms with E-state index in [4.69, 9.17) is 5.26 Å². The van der Waals surface area contributed by atoms with E-state index in [9.17, 15) is 0 Å². The SMILES string of the molecule is Cn1c(-c2cccnc2)nc2ccc(CCC#N)cc21. The first-order valence-electron chi connectivity index (χ1n) is 6.52. The van der Waals surface area contributed by atoms with Crippen LogP contribution in [0.2, 0.25) is 0 Å². The van der Waals surface area contributed by atoms with Crippen LogP contribution in [0.1, 0.15) is 12.0 Å². The van der Waals surface area contributed by atoms with Crippen molar-refractivity contribution in [3.63, 3.8) is 0 Å². The van der Waals surface area contributed by atoms with Gasteiger partial charge in [0.2, 0.25) is 0 Å². The van der Waals surface area contributed by atoms with Crippen LogP contribution in [0.5, 0.6) is 0 Å². The van der Waals surface area contributed by atoms with Crippen molar-refractivity contribution in [2.45, 2.75) is 12.8 Å². The Hall–Kier alpha value is -2.67. The number of fused-ring (bicyclic) bond motifs is 1. The van der Waals surface area contributed by atoms with Gasteiger partial charge in [0.15, 0.2) is 0 Å². The molecule has 2 aromatic heterocycles. The van der Waals surface area contributed by atoms with Crippen molar-refractivity contribution in [1.29, 1.82) is 5.26 Å². The molecule has 0 fully saturated rings. The molecule has 3 aromatic rings. The summed E-state index contributed by atoms with van der Waals surface area (Å²) in [5.41, 5.74) is 4.22. The maximum absolute atomic E-state index is 8.67. The molecule has 20 heavy (non-hydrogen) atoms. The third-order valence-corrected chi connectivity index (χ3v) is 3.39. The van der Waals surface area contributed by atoms with Gasteiger partial charge < -0.3 is 4.57 Å². The molecule has 0 amide bonds. The number of hydrogen-bond acceptors (Lipinski definition) is 3. The Morgan fingerprint density at radius 3 is 2.95 bits per heavy atom. The first kappa shape index (κ1) is 12.4. The molecule has 0 saturated carbocycles. The molecule has 0 aliphatic carbocycles. The lowest BCUT2D eigenvalue weighted by Gasteiger charge is -2.02. The summed E-state index contributed by atoms with van der Waals surface area (Å²) < 4.78 is 2.07. The summed E-state index contributed by atoms with van der Waals surface area (Å²) in [5, 5.41) is 8.67. The van der Waals surface area contributed by atoms with Crippen molar-refractivity contribution >= 4 is 11.0 Å². The highest BCUT2D eigenvalue weighted by molar-refractivity contribution is 5.81. The maximum Gasteiger partial charge on any atom is 0.142 e. The number of aromatic nitrogens is 3. The van der Waals surface area contributed by atoms with E-state index in [1.54, 1.807) is 6.20 Å². The molecule has 0 radical (unpaired) electrons. The van der Waals surface area contributed by atoms with Crippen molar-refractivity contribution in [2.75, 3.05) is 0 Å². The summed E-state index contributed by atoms with van der Waals surface area (Å²) >= 11 is 0. The third-order valence-electron chi connectivity index (χ3n) is 3.39. The Morgan fingerprint density at radius 2 is 2.20 bits per heavy atom. The summed E-state index contributed by atoms with van der Waals surface area (Å²) in [7, 11) is 2.01. The summed E-state index contributed by atoms with van der Waals surface area (Å²) in [5.74, 6) is 0.908. The number of pyridine rings is 1. The number of benzene rings is 1. The van der Waals surface area contributed by atoms with Crippen LogP contribution in [-0.2, 0) is 13.5 Å². The summed E-state index contributed by atoms with van der Waals surface area (Å²) in [6.45, 7) is 0. The van der Waals surface area contributed by atoms with E-state index in [-0.39, 0.29) is 0 Å². The zero-order valence-electron chi connectivity index (χ0n) is 11.2. The van der Waals surface area contributed by atoms with Crippen molar-refractivity contribution < 1.29 is 0 Å². The summed E-state index contributed by atoms with van der Waals surface area (Å²) in [6.07, 6.45) is 4.89. The second-order valence-corrected chi connectivity index (χ2v) is 4.72. The van der Waals surface area contributed by atoms with Crippen LogP contribution < -0.4 is 0 Å². The maximum atomic E-state index is 8.67. The quantitative estimate of drug-likeness (QED) is 0.728. The van der Waals surface area contributed by atoms with Gasteiger partial charge in [-0.1, -0.05) is 6.07 Å². The number of hydrogen-bond donors (Lipinski definition) is 0. The smallest absolute Gasteiger partial charge is 0.142 e. The van der Waals surface area contributed by atoms with Crippen molar-refractivity contribution in [3.8, 4) is 17.5 Å². The Morgan fingerprint density at radius 1 is 1.30 bits per heavy atom. The lowest BCUT2D eigenvalue weighted by molar-refractivity contribution is 0.952. The molecule has 0 spiro atoms. The predicted molar refractivity (Wildman–Crippen MR) is 77.9 cm³/mol. The largest absolute Gasteiger partial charge is 0.327 e. The van der Waals surface area contributed by atoms with Gasteiger partial charge >= 0.3 is 0 Å². The van der Waals surface area contributed by atoms with Gasteiger partial charge in [-0.2, -0.15) is 5.26 Å². The summed E-state index contributed by atoms with van der Waals surface area (Å²) in [6, 6.07) is 12.3. The zero-order valence-corrected chi connectivity index (χ0v) is 11.2. The Labute approximate surface area is 117 Å². The van der Waals surface area contributed by atoms with Crippen LogP contribution in [-0.4, -0.2) is 14.5 Å². The highest BCUT2D eigenvalue weighted by Crippen LogP contribution is 2.24. The molecule has 0 saturated heterocycles. The normalized spacial score (nSPS) is 10.6. The van der Waals surface area contributed by atoms with Gasteiger partial charge in [0.1, 0.15) is 5.82 Å². The van der Waals surface area contributed by atoms with E-state index in [2.05, 4.69) is 26.7 Å². The molecule has 98 valence electrons. The Bertz CT molecular complexity index is 781. The van der Waals surface area contributed by atoms with Gasteiger partial charge in [0, 0.05) is 31.4 Å². The number of aryl methyl sites for hydroxylation is 2. The molecule has 4 nitrogen and oxygen atoms in total. The van der Waals surface area contributed by atoms with Gasteiger partial charge in [0.25, 0.3) is 0 Å². The highest BCUT2D eigenvalue weighted by atomic mass is 15.1. The van der Waals surface area contributed by atoms with Crippen molar-refractivity contribution in [1.82, 2.24) is 14.5 Å². The second kappa shape index (κ2) is 5.14. The molecule has 1 aromatic carbocycles. The molecular weight excluding hydrogens is 248 g/mol. The van der Waals surface area contributed by atoms with E-state index in [0.29, 0.717) is 6.42 Å². The second-order valence-electron chi connectivity index (χ2n) is 4.72. The molecule has 0 atom stereocenters. The lowest BCUT2D eigenvalue weighted by Crippen LogP contribution is -1.93. The van der Waals surface area contributed by atoms with Gasteiger partial charge in [-0.05, 0) is 36.2 Å². The topological polar surface area (TPSA) is 54.5 Å². The van der Waals surface area contributed by atoms with E-state index in [0.717, 1.165) is 28.8 Å². The lowest BCUT2D eigenvalue weighted by atomic mass is 10.1. The van der Waals surface area contributed by atoms with Gasteiger partial charge in [-0.25, -0.2) is 4.98 Å². The fraction of sp³-hybridized carbons (Fsp3) is 0.188. The molecular formula is C16H14N4. The van der Waals surface area contributed by atoms with E-state index in [1.807, 2.05) is 37.5 Å². The fourth-order valence-corrected chi connectivity index (χ4v) is 2.34. The molecule has 2 heterocycles. The Balaban J connectivity index is 2.09. The fourth-order valence-electron chi connectivity index (χ4n) is 2.34. The number of imidazole rings is 1. The average Bonchev–Trinajstić information content (AvgIpc) is 2.83. The van der Waals surface area contributed by atoms with Crippen molar-refractivity contribution in [2.24, 2.45) is 7.05 Å². The predicted octanol–water partition coefficient (Wildman–Crippen LogP) is 3.09. The highest BCUT2D eigenvalue weighted by Gasteiger charge is 2.10. The van der Waals surface area contributed by atoms with Crippen LogP contribution in [0, 0.1) is 11.3 Å². The molecule has 0 N–H and O–H groups in total.